The van der Waals surface area contributed by atoms with Gasteiger partial charge in [0.05, 0.1) is 10.9 Å². The van der Waals surface area contributed by atoms with Gasteiger partial charge >= 0.3 is 0 Å². The molecular weight excluding hydrogens is 338 g/mol. The lowest BCUT2D eigenvalue weighted by Crippen LogP contribution is -2.55. The summed E-state index contributed by atoms with van der Waals surface area (Å²) >= 11 is 0. The van der Waals surface area contributed by atoms with Crippen molar-refractivity contribution in [2.75, 3.05) is 26.2 Å². The van der Waals surface area contributed by atoms with Crippen molar-refractivity contribution >= 4 is 15.9 Å². The molecule has 2 aliphatic rings. The molecule has 1 aromatic rings. The monoisotopic (exact) mass is 365 g/mol. The molecule has 1 saturated carbocycles. The zero-order valence-electron chi connectivity index (χ0n) is 14.7. The summed E-state index contributed by atoms with van der Waals surface area (Å²) in [5.74, 6) is 0.0614. The van der Waals surface area contributed by atoms with E-state index in [9.17, 15) is 13.2 Å². The largest absolute Gasteiger partial charge is 0.352 e. The Balaban J connectivity index is 1.55. The fourth-order valence-electron chi connectivity index (χ4n) is 3.63. The van der Waals surface area contributed by atoms with Crippen molar-refractivity contribution in [2.45, 2.75) is 49.6 Å². The van der Waals surface area contributed by atoms with E-state index >= 15 is 0 Å². The SMILES string of the molecule is C[C@H](C(=O)NC1CCCC1)N1CCN(S(=O)(=O)c2ccccc2)CC1. The number of nitrogens with zero attached hydrogens (tertiary/aromatic N) is 2. The van der Waals surface area contributed by atoms with Gasteiger partial charge in [-0.25, -0.2) is 8.42 Å². The smallest absolute Gasteiger partial charge is 0.243 e. The summed E-state index contributed by atoms with van der Waals surface area (Å²) in [6.07, 6.45) is 4.52. The van der Waals surface area contributed by atoms with Crippen LogP contribution in [-0.4, -0.2) is 61.8 Å². The fraction of sp³-hybridized carbons (Fsp3) is 0.611. The van der Waals surface area contributed by atoms with E-state index in [4.69, 9.17) is 0 Å². The first-order valence-corrected chi connectivity index (χ1v) is 10.5. The van der Waals surface area contributed by atoms with E-state index in [1.807, 2.05) is 13.0 Å². The maximum atomic E-state index is 12.7. The lowest BCUT2D eigenvalue weighted by Gasteiger charge is -2.37. The summed E-state index contributed by atoms with van der Waals surface area (Å²) in [6, 6.07) is 8.62. The van der Waals surface area contributed by atoms with Gasteiger partial charge in [0, 0.05) is 32.2 Å². The number of amides is 1. The second-order valence-electron chi connectivity index (χ2n) is 6.92. The minimum atomic E-state index is -3.44. The van der Waals surface area contributed by atoms with Crippen LogP contribution >= 0.6 is 0 Å². The van der Waals surface area contributed by atoms with Crippen molar-refractivity contribution in [3.8, 4) is 0 Å². The zero-order valence-corrected chi connectivity index (χ0v) is 15.5. The summed E-state index contributed by atoms with van der Waals surface area (Å²) in [7, 11) is -3.44. The van der Waals surface area contributed by atoms with Gasteiger partial charge in [-0.05, 0) is 31.9 Å². The Bertz CT molecular complexity index is 679. The van der Waals surface area contributed by atoms with E-state index in [0.29, 0.717) is 37.1 Å². The molecule has 0 spiro atoms. The van der Waals surface area contributed by atoms with Crippen molar-refractivity contribution in [1.29, 1.82) is 0 Å². The highest BCUT2D eigenvalue weighted by molar-refractivity contribution is 7.89. The molecule has 0 bridgehead atoms. The van der Waals surface area contributed by atoms with Crippen LogP contribution in [0.1, 0.15) is 32.6 Å². The van der Waals surface area contributed by atoms with Gasteiger partial charge in [-0.2, -0.15) is 4.31 Å². The molecule has 3 rings (SSSR count). The number of hydrogen-bond acceptors (Lipinski definition) is 4. The van der Waals surface area contributed by atoms with Gasteiger partial charge in [-0.1, -0.05) is 31.0 Å². The Hall–Kier alpha value is -1.44. The van der Waals surface area contributed by atoms with Crippen LogP contribution in [0.2, 0.25) is 0 Å². The average molecular weight is 365 g/mol. The second kappa shape index (κ2) is 7.85. The molecule has 7 heteroatoms. The number of sulfonamides is 1. The summed E-state index contributed by atoms with van der Waals surface area (Å²) < 4.78 is 26.8. The first-order valence-electron chi connectivity index (χ1n) is 9.08. The minimum Gasteiger partial charge on any atom is -0.352 e. The van der Waals surface area contributed by atoms with Crippen molar-refractivity contribution in [1.82, 2.24) is 14.5 Å². The summed E-state index contributed by atoms with van der Waals surface area (Å²) in [5, 5.41) is 3.13. The van der Waals surface area contributed by atoms with Crippen LogP contribution in [-0.2, 0) is 14.8 Å². The molecule has 6 nitrogen and oxygen atoms in total. The van der Waals surface area contributed by atoms with E-state index in [0.717, 1.165) is 12.8 Å². The average Bonchev–Trinajstić information content (AvgIpc) is 3.15. The number of piperazine rings is 1. The van der Waals surface area contributed by atoms with Crippen LogP contribution in [0.5, 0.6) is 0 Å². The lowest BCUT2D eigenvalue weighted by molar-refractivity contribution is -0.127. The van der Waals surface area contributed by atoms with Gasteiger partial charge in [-0.15, -0.1) is 0 Å². The van der Waals surface area contributed by atoms with Gasteiger partial charge < -0.3 is 5.32 Å². The molecule has 0 radical (unpaired) electrons. The molecule has 25 heavy (non-hydrogen) atoms. The Kier molecular flexibility index (Phi) is 5.76. The number of carbonyl (C=O) groups excluding carboxylic acids is 1. The Labute approximate surface area is 150 Å². The third-order valence-corrected chi connectivity index (χ3v) is 7.20. The van der Waals surface area contributed by atoms with Gasteiger partial charge in [-0.3, -0.25) is 9.69 Å². The van der Waals surface area contributed by atoms with E-state index in [1.165, 1.54) is 17.1 Å². The van der Waals surface area contributed by atoms with E-state index < -0.39 is 10.0 Å². The first-order chi connectivity index (χ1) is 12.0. The van der Waals surface area contributed by atoms with Crippen LogP contribution in [0, 0.1) is 0 Å². The number of carbonyl (C=O) groups is 1. The quantitative estimate of drug-likeness (QED) is 0.857. The highest BCUT2D eigenvalue weighted by atomic mass is 32.2. The molecule has 2 fully saturated rings. The van der Waals surface area contributed by atoms with Gasteiger partial charge in [0.25, 0.3) is 0 Å². The normalized spacial score (nSPS) is 22.0. The van der Waals surface area contributed by atoms with Crippen LogP contribution in [0.15, 0.2) is 35.2 Å². The maximum absolute atomic E-state index is 12.7. The Morgan fingerprint density at radius 3 is 2.28 bits per heavy atom. The lowest BCUT2D eigenvalue weighted by atomic mass is 10.2. The molecule has 1 atom stereocenters. The molecule has 0 unspecified atom stereocenters. The third kappa shape index (κ3) is 4.22. The highest BCUT2D eigenvalue weighted by Crippen LogP contribution is 2.20. The van der Waals surface area contributed by atoms with Crippen molar-refractivity contribution in [3.63, 3.8) is 0 Å². The topological polar surface area (TPSA) is 69.7 Å². The zero-order chi connectivity index (χ0) is 17.9. The second-order valence-corrected chi connectivity index (χ2v) is 8.86. The van der Waals surface area contributed by atoms with E-state index in [-0.39, 0.29) is 11.9 Å². The summed E-state index contributed by atoms with van der Waals surface area (Å²) in [4.78, 5) is 14.8. The van der Waals surface area contributed by atoms with Crippen LogP contribution < -0.4 is 5.32 Å². The van der Waals surface area contributed by atoms with Crippen LogP contribution in [0.4, 0.5) is 0 Å². The predicted molar refractivity (Wildman–Crippen MR) is 96.6 cm³/mol. The molecule has 1 saturated heterocycles. The highest BCUT2D eigenvalue weighted by Gasteiger charge is 2.32. The molecule has 0 aromatic heterocycles. The Morgan fingerprint density at radius 1 is 1.08 bits per heavy atom. The van der Waals surface area contributed by atoms with Crippen molar-refractivity contribution in [3.05, 3.63) is 30.3 Å². The van der Waals surface area contributed by atoms with Gasteiger partial charge in [0.1, 0.15) is 0 Å². The van der Waals surface area contributed by atoms with Gasteiger partial charge in [0.2, 0.25) is 15.9 Å². The third-order valence-electron chi connectivity index (χ3n) is 5.28. The van der Waals surface area contributed by atoms with E-state index in [1.54, 1.807) is 24.3 Å². The molecule has 1 amide bonds. The number of rotatable bonds is 5. The summed E-state index contributed by atoms with van der Waals surface area (Å²) in [6.45, 7) is 3.89. The number of nitrogens with one attached hydrogen (secondary N) is 1. The maximum Gasteiger partial charge on any atom is 0.243 e. The number of benzene rings is 1. The molecule has 1 heterocycles. The Morgan fingerprint density at radius 2 is 1.68 bits per heavy atom. The standard InChI is InChI=1S/C18H27N3O3S/c1-15(18(22)19-16-7-5-6-8-16)20-11-13-21(14-12-20)25(23,24)17-9-3-2-4-10-17/h2-4,9-10,15-16H,5-8,11-14H2,1H3,(H,19,22)/t15-/m1/s1. The van der Waals surface area contributed by atoms with Crippen molar-refractivity contribution < 1.29 is 13.2 Å². The molecule has 138 valence electrons. The van der Waals surface area contributed by atoms with Crippen molar-refractivity contribution in [2.24, 2.45) is 0 Å². The number of hydrogen-bond donors (Lipinski definition) is 1. The first kappa shape index (κ1) is 18.4. The molecule has 1 aliphatic heterocycles. The fourth-order valence-corrected chi connectivity index (χ4v) is 5.07. The minimum absolute atomic E-state index is 0.0614. The molecular formula is C18H27N3O3S. The molecule has 1 aromatic carbocycles. The van der Waals surface area contributed by atoms with Crippen LogP contribution in [0.25, 0.3) is 0 Å². The predicted octanol–water partition coefficient (Wildman–Crippen LogP) is 1.44. The van der Waals surface area contributed by atoms with Crippen LogP contribution in [0.3, 0.4) is 0 Å². The molecule has 1 N–H and O–H groups in total. The van der Waals surface area contributed by atoms with Gasteiger partial charge in [0.15, 0.2) is 0 Å². The summed E-state index contributed by atoms with van der Waals surface area (Å²) in [5.41, 5.74) is 0. The van der Waals surface area contributed by atoms with E-state index in [2.05, 4.69) is 10.2 Å². The molecule has 1 aliphatic carbocycles.